The molecule has 0 spiro atoms. The van der Waals surface area contributed by atoms with Gasteiger partial charge in [0.15, 0.2) is 0 Å². The van der Waals surface area contributed by atoms with Gasteiger partial charge in [-0.25, -0.2) is 0 Å². The van der Waals surface area contributed by atoms with E-state index in [9.17, 15) is 0 Å². The van der Waals surface area contributed by atoms with Gasteiger partial charge >= 0.3 is 0 Å². The van der Waals surface area contributed by atoms with Crippen molar-refractivity contribution in [3.8, 4) is 5.75 Å². The summed E-state index contributed by atoms with van der Waals surface area (Å²) in [5, 5.41) is 1.09. The van der Waals surface area contributed by atoms with Crippen molar-refractivity contribution in [2.45, 2.75) is 13.5 Å². The van der Waals surface area contributed by atoms with E-state index >= 15 is 0 Å². The first kappa shape index (κ1) is 13.7. The Balaban J connectivity index is 2.16. The summed E-state index contributed by atoms with van der Waals surface area (Å²) in [4.78, 5) is 0. The molecule has 0 amide bonds. The van der Waals surface area contributed by atoms with Gasteiger partial charge in [-0.05, 0) is 30.7 Å². The van der Waals surface area contributed by atoms with Crippen LogP contribution in [0.1, 0.15) is 11.1 Å². The zero-order valence-electron chi connectivity index (χ0n) is 9.71. The Morgan fingerprint density at radius 3 is 2.72 bits per heavy atom. The molecule has 2 aromatic rings. The van der Waals surface area contributed by atoms with Crippen molar-refractivity contribution in [3.63, 3.8) is 0 Å². The van der Waals surface area contributed by atoms with Crippen molar-refractivity contribution < 1.29 is 4.74 Å². The highest BCUT2D eigenvalue weighted by Crippen LogP contribution is 2.28. The molecule has 94 valence electrons. The minimum Gasteiger partial charge on any atom is -0.489 e. The SMILES string of the molecule is Cc1ccc(Br)cc1OCc1cccc(Cl)c1Cl. The summed E-state index contributed by atoms with van der Waals surface area (Å²) in [7, 11) is 0. The Morgan fingerprint density at radius 2 is 1.94 bits per heavy atom. The summed E-state index contributed by atoms with van der Waals surface area (Å²) in [6, 6.07) is 11.4. The third kappa shape index (κ3) is 3.19. The summed E-state index contributed by atoms with van der Waals surface area (Å²) in [6.45, 7) is 2.40. The van der Waals surface area contributed by atoms with Crippen LogP contribution in [0.25, 0.3) is 0 Å². The molecule has 2 aromatic carbocycles. The Hall–Kier alpha value is -0.700. The molecule has 1 nitrogen and oxygen atoms in total. The van der Waals surface area contributed by atoms with E-state index in [0.717, 1.165) is 21.3 Å². The van der Waals surface area contributed by atoms with E-state index in [0.29, 0.717) is 16.7 Å². The zero-order chi connectivity index (χ0) is 13.1. The van der Waals surface area contributed by atoms with Gasteiger partial charge in [0.1, 0.15) is 12.4 Å². The Labute approximate surface area is 125 Å². The van der Waals surface area contributed by atoms with Gasteiger partial charge in [-0.15, -0.1) is 0 Å². The van der Waals surface area contributed by atoms with Crippen LogP contribution in [0.3, 0.4) is 0 Å². The highest BCUT2D eigenvalue weighted by Gasteiger charge is 2.06. The highest BCUT2D eigenvalue weighted by atomic mass is 79.9. The normalized spacial score (nSPS) is 10.4. The van der Waals surface area contributed by atoms with E-state index < -0.39 is 0 Å². The molecule has 0 aliphatic rings. The molecule has 4 heteroatoms. The second-order valence-electron chi connectivity index (χ2n) is 3.91. The van der Waals surface area contributed by atoms with Crippen LogP contribution in [0.15, 0.2) is 40.9 Å². The molecular weight excluding hydrogens is 335 g/mol. The third-order valence-electron chi connectivity index (χ3n) is 2.56. The quantitative estimate of drug-likeness (QED) is 0.699. The van der Waals surface area contributed by atoms with Crippen LogP contribution in [-0.4, -0.2) is 0 Å². The van der Waals surface area contributed by atoms with Crippen LogP contribution in [-0.2, 0) is 6.61 Å². The Kier molecular flexibility index (Phi) is 4.55. The third-order valence-corrected chi connectivity index (χ3v) is 3.92. The van der Waals surface area contributed by atoms with E-state index in [2.05, 4.69) is 15.9 Å². The number of aryl methyl sites for hydroxylation is 1. The number of ether oxygens (including phenoxy) is 1. The van der Waals surface area contributed by atoms with Gasteiger partial charge < -0.3 is 4.74 Å². The molecule has 0 aliphatic heterocycles. The van der Waals surface area contributed by atoms with Crippen LogP contribution < -0.4 is 4.74 Å². The maximum absolute atomic E-state index is 6.11. The summed E-state index contributed by atoms with van der Waals surface area (Å²) in [5.41, 5.74) is 1.96. The first-order valence-electron chi connectivity index (χ1n) is 5.40. The summed E-state index contributed by atoms with van der Waals surface area (Å²) < 4.78 is 6.75. The van der Waals surface area contributed by atoms with Gasteiger partial charge in [0, 0.05) is 10.0 Å². The van der Waals surface area contributed by atoms with Gasteiger partial charge in [0.05, 0.1) is 10.0 Å². The van der Waals surface area contributed by atoms with Crippen molar-refractivity contribution in [2.75, 3.05) is 0 Å². The number of halogens is 3. The fourth-order valence-electron chi connectivity index (χ4n) is 1.54. The van der Waals surface area contributed by atoms with E-state index in [1.807, 2.05) is 37.3 Å². The van der Waals surface area contributed by atoms with E-state index in [1.54, 1.807) is 6.07 Å². The van der Waals surface area contributed by atoms with E-state index in [4.69, 9.17) is 27.9 Å². The predicted octanol–water partition coefficient (Wildman–Crippen LogP) is 5.64. The van der Waals surface area contributed by atoms with E-state index in [-0.39, 0.29) is 0 Å². The molecule has 0 saturated heterocycles. The molecule has 0 aliphatic carbocycles. The average molecular weight is 346 g/mol. The Morgan fingerprint density at radius 1 is 1.17 bits per heavy atom. The second kappa shape index (κ2) is 5.96. The average Bonchev–Trinajstić information content (AvgIpc) is 2.35. The molecule has 0 saturated carbocycles. The standard InChI is InChI=1S/C14H11BrCl2O/c1-9-5-6-11(15)7-13(9)18-8-10-3-2-4-12(16)14(10)17/h2-7H,8H2,1H3. The first-order chi connectivity index (χ1) is 8.58. The lowest BCUT2D eigenvalue weighted by atomic mass is 10.2. The van der Waals surface area contributed by atoms with Crippen molar-refractivity contribution in [3.05, 3.63) is 62.0 Å². The highest BCUT2D eigenvalue weighted by molar-refractivity contribution is 9.10. The van der Waals surface area contributed by atoms with Crippen molar-refractivity contribution >= 4 is 39.1 Å². The summed E-state index contributed by atoms with van der Waals surface area (Å²) in [6.07, 6.45) is 0. The minimum atomic E-state index is 0.399. The molecule has 0 fully saturated rings. The first-order valence-corrected chi connectivity index (χ1v) is 6.94. The van der Waals surface area contributed by atoms with Crippen molar-refractivity contribution in [1.29, 1.82) is 0 Å². The number of benzene rings is 2. The van der Waals surface area contributed by atoms with Crippen molar-refractivity contribution in [2.24, 2.45) is 0 Å². The topological polar surface area (TPSA) is 9.23 Å². The Bertz CT molecular complexity index is 568. The number of hydrogen-bond acceptors (Lipinski definition) is 1. The van der Waals surface area contributed by atoms with Gasteiger partial charge in [0.25, 0.3) is 0 Å². The van der Waals surface area contributed by atoms with Gasteiger partial charge in [-0.2, -0.15) is 0 Å². The fourth-order valence-corrected chi connectivity index (χ4v) is 2.26. The molecule has 0 atom stereocenters. The van der Waals surface area contributed by atoms with Crippen molar-refractivity contribution in [1.82, 2.24) is 0 Å². The maximum Gasteiger partial charge on any atom is 0.123 e. The van der Waals surface area contributed by atoms with Crippen LogP contribution in [0.5, 0.6) is 5.75 Å². The van der Waals surface area contributed by atoms with Gasteiger partial charge in [0.2, 0.25) is 0 Å². The molecular formula is C14H11BrCl2O. The summed E-state index contributed by atoms with van der Waals surface area (Å²) >= 11 is 15.5. The van der Waals surface area contributed by atoms with Crippen LogP contribution in [0.4, 0.5) is 0 Å². The van der Waals surface area contributed by atoms with E-state index in [1.165, 1.54) is 0 Å². The number of hydrogen-bond donors (Lipinski definition) is 0. The lowest BCUT2D eigenvalue weighted by Crippen LogP contribution is -1.98. The monoisotopic (exact) mass is 344 g/mol. The summed E-state index contributed by atoms with van der Waals surface area (Å²) in [5.74, 6) is 0.834. The molecule has 0 bridgehead atoms. The lowest BCUT2D eigenvalue weighted by Gasteiger charge is -2.11. The zero-order valence-corrected chi connectivity index (χ0v) is 12.8. The maximum atomic E-state index is 6.11. The lowest BCUT2D eigenvalue weighted by molar-refractivity contribution is 0.304. The predicted molar refractivity (Wildman–Crippen MR) is 79.7 cm³/mol. The molecule has 0 N–H and O–H groups in total. The van der Waals surface area contributed by atoms with Crippen LogP contribution in [0, 0.1) is 6.92 Å². The smallest absolute Gasteiger partial charge is 0.123 e. The second-order valence-corrected chi connectivity index (χ2v) is 5.61. The molecule has 0 unspecified atom stereocenters. The minimum absolute atomic E-state index is 0.399. The molecule has 0 heterocycles. The van der Waals surface area contributed by atoms with Gasteiger partial charge in [-0.1, -0.05) is 57.3 Å². The molecule has 18 heavy (non-hydrogen) atoms. The molecule has 0 radical (unpaired) electrons. The van der Waals surface area contributed by atoms with Crippen LogP contribution >= 0.6 is 39.1 Å². The van der Waals surface area contributed by atoms with Gasteiger partial charge in [-0.3, -0.25) is 0 Å². The van der Waals surface area contributed by atoms with Crippen LogP contribution in [0.2, 0.25) is 10.0 Å². The molecule has 2 rings (SSSR count). The fraction of sp³-hybridized carbons (Fsp3) is 0.143. The number of rotatable bonds is 3. The largest absolute Gasteiger partial charge is 0.489 e. The molecule has 0 aromatic heterocycles.